The normalized spacial score (nSPS) is 17.2. The van der Waals surface area contributed by atoms with Crippen molar-refractivity contribution < 1.29 is 9.90 Å². The average molecular weight is 246 g/mol. The van der Waals surface area contributed by atoms with E-state index >= 15 is 0 Å². The molecule has 1 saturated carbocycles. The molecule has 1 aliphatic rings. The van der Waals surface area contributed by atoms with Crippen LogP contribution in [0.2, 0.25) is 0 Å². The molecule has 18 heavy (non-hydrogen) atoms. The highest BCUT2D eigenvalue weighted by Gasteiger charge is 2.17. The lowest BCUT2D eigenvalue weighted by Crippen LogP contribution is -2.08. The fraction of sp³-hybridized carbons (Fsp3) is 0.500. The van der Waals surface area contributed by atoms with Crippen LogP contribution in [-0.2, 0) is 4.79 Å². The fourth-order valence-corrected chi connectivity index (χ4v) is 2.44. The summed E-state index contributed by atoms with van der Waals surface area (Å²) in [6, 6.07) is 2.02. The number of carboxylic acids is 1. The van der Waals surface area contributed by atoms with E-state index in [1.807, 2.05) is 13.0 Å². The molecule has 0 bridgehead atoms. The Balaban J connectivity index is 2.22. The van der Waals surface area contributed by atoms with Crippen molar-refractivity contribution in [2.24, 2.45) is 0 Å². The summed E-state index contributed by atoms with van der Waals surface area (Å²) in [7, 11) is 0. The minimum atomic E-state index is -0.973. The summed E-state index contributed by atoms with van der Waals surface area (Å²) < 4.78 is 0. The van der Waals surface area contributed by atoms with E-state index in [9.17, 15) is 4.79 Å². The van der Waals surface area contributed by atoms with Crippen LogP contribution >= 0.6 is 0 Å². The Labute approximate surface area is 107 Å². The van der Waals surface area contributed by atoms with E-state index in [2.05, 4.69) is 9.97 Å². The van der Waals surface area contributed by atoms with Crippen molar-refractivity contribution in [3.8, 4) is 0 Å². The zero-order valence-electron chi connectivity index (χ0n) is 10.6. The number of hydrogen-bond acceptors (Lipinski definition) is 3. The molecule has 0 saturated heterocycles. The molecule has 0 aromatic carbocycles. The lowest BCUT2D eigenvalue weighted by atomic mass is 9.86. The first-order valence-corrected chi connectivity index (χ1v) is 6.42. The van der Waals surface area contributed by atoms with Crippen LogP contribution < -0.4 is 0 Å². The maximum Gasteiger partial charge on any atom is 0.328 e. The van der Waals surface area contributed by atoms with Gasteiger partial charge in [-0.15, -0.1) is 0 Å². The molecule has 0 spiro atoms. The number of carbonyl (C=O) groups is 1. The van der Waals surface area contributed by atoms with Crippen molar-refractivity contribution in [1.29, 1.82) is 0 Å². The Kier molecular flexibility index (Phi) is 4.07. The Morgan fingerprint density at radius 3 is 2.72 bits per heavy atom. The fourth-order valence-electron chi connectivity index (χ4n) is 2.44. The SMILES string of the molecule is Cc1cc(C2CCCCC2)nc(/C=C/C(=O)O)n1. The zero-order valence-corrected chi connectivity index (χ0v) is 10.6. The summed E-state index contributed by atoms with van der Waals surface area (Å²) in [5.41, 5.74) is 1.96. The van der Waals surface area contributed by atoms with Crippen LogP contribution in [0.15, 0.2) is 12.1 Å². The van der Waals surface area contributed by atoms with E-state index in [0.717, 1.165) is 17.5 Å². The second-order valence-electron chi connectivity index (χ2n) is 4.80. The van der Waals surface area contributed by atoms with Gasteiger partial charge in [0, 0.05) is 23.4 Å². The Bertz CT molecular complexity index is 463. The number of aromatic nitrogens is 2. The van der Waals surface area contributed by atoms with Crippen LogP contribution in [0.3, 0.4) is 0 Å². The van der Waals surface area contributed by atoms with Gasteiger partial charge in [-0.25, -0.2) is 14.8 Å². The van der Waals surface area contributed by atoms with Gasteiger partial charge in [-0.3, -0.25) is 0 Å². The van der Waals surface area contributed by atoms with Gasteiger partial charge >= 0.3 is 5.97 Å². The van der Waals surface area contributed by atoms with Crippen molar-refractivity contribution in [3.05, 3.63) is 29.4 Å². The largest absolute Gasteiger partial charge is 0.478 e. The molecule has 1 aromatic rings. The summed E-state index contributed by atoms with van der Waals surface area (Å²) in [4.78, 5) is 19.2. The molecular formula is C14H18N2O2. The number of nitrogens with zero attached hydrogens (tertiary/aromatic N) is 2. The highest BCUT2D eigenvalue weighted by Crippen LogP contribution is 2.31. The minimum Gasteiger partial charge on any atom is -0.478 e. The number of rotatable bonds is 3. The maximum absolute atomic E-state index is 10.5. The number of hydrogen-bond donors (Lipinski definition) is 1. The minimum absolute atomic E-state index is 0.498. The van der Waals surface area contributed by atoms with Crippen LogP contribution in [0.1, 0.15) is 55.2 Å². The first-order valence-electron chi connectivity index (χ1n) is 6.42. The van der Waals surface area contributed by atoms with Gasteiger partial charge in [-0.05, 0) is 31.9 Å². The summed E-state index contributed by atoms with van der Waals surface area (Å²) in [6.07, 6.45) is 8.73. The Hall–Kier alpha value is -1.71. The third-order valence-corrected chi connectivity index (χ3v) is 3.29. The summed E-state index contributed by atoms with van der Waals surface area (Å²) in [5, 5.41) is 8.62. The Morgan fingerprint density at radius 1 is 1.33 bits per heavy atom. The first kappa shape index (κ1) is 12.7. The predicted octanol–water partition coefficient (Wildman–Crippen LogP) is 2.93. The van der Waals surface area contributed by atoms with Gasteiger partial charge in [-0.2, -0.15) is 0 Å². The van der Waals surface area contributed by atoms with E-state index in [0.29, 0.717) is 11.7 Å². The third-order valence-electron chi connectivity index (χ3n) is 3.29. The summed E-state index contributed by atoms with van der Waals surface area (Å²) >= 11 is 0. The molecule has 1 N–H and O–H groups in total. The van der Waals surface area contributed by atoms with Crippen LogP contribution in [-0.4, -0.2) is 21.0 Å². The first-order chi connectivity index (χ1) is 8.65. The Morgan fingerprint density at radius 2 is 2.06 bits per heavy atom. The lowest BCUT2D eigenvalue weighted by Gasteiger charge is -2.21. The van der Waals surface area contributed by atoms with E-state index in [1.54, 1.807) is 0 Å². The van der Waals surface area contributed by atoms with Crippen molar-refractivity contribution >= 4 is 12.0 Å². The second-order valence-corrected chi connectivity index (χ2v) is 4.80. The predicted molar refractivity (Wildman–Crippen MR) is 69.3 cm³/mol. The molecule has 0 unspecified atom stereocenters. The molecule has 1 aliphatic carbocycles. The van der Waals surface area contributed by atoms with Crippen LogP contribution in [0.5, 0.6) is 0 Å². The summed E-state index contributed by atoms with van der Waals surface area (Å²) in [6.45, 7) is 1.92. The molecule has 0 amide bonds. The molecule has 1 heterocycles. The van der Waals surface area contributed by atoms with Gasteiger partial charge in [-0.1, -0.05) is 19.3 Å². The molecule has 0 atom stereocenters. The van der Waals surface area contributed by atoms with Crippen LogP contribution in [0.25, 0.3) is 6.08 Å². The molecule has 96 valence electrons. The van der Waals surface area contributed by atoms with E-state index in [4.69, 9.17) is 5.11 Å². The molecule has 1 fully saturated rings. The van der Waals surface area contributed by atoms with Crippen LogP contribution in [0.4, 0.5) is 0 Å². The van der Waals surface area contributed by atoms with Gasteiger partial charge < -0.3 is 5.11 Å². The smallest absolute Gasteiger partial charge is 0.328 e. The van der Waals surface area contributed by atoms with Crippen LogP contribution in [0, 0.1) is 6.92 Å². The topological polar surface area (TPSA) is 63.1 Å². The molecule has 0 aliphatic heterocycles. The highest BCUT2D eigenvalue weighted by molar-refractivity contribution is 5.84. The number of aryl methyl sites for hydroxylation is 1. The van der Waals surface area contributed by atoms with E-state index in [-0.39, 0.29) is 0 Å². The van der Waals surface area contributed by atoms with Crippen molar-refractivity contribution in [2.75, 3.05) is 0 Å². The maximum atomic E-state index is 10.5. The van der Waals surface area contributed by atoms with Gasteiger partial charge in [0.15, 0.2) is 5.82 Å². The molecule has 4 nitrogen and oxygen atoms in total. The van der Waals surface area contributed by atoms with Crippen molar-refractivity contribution in [2.45, 2.75) is 44.9 Å². The van der Waals surface area contributed by atoms with Gasteiger partial charge in [0.1, 0.15) is 0 Å². The standard InChI is InChI=1S/C14H18N2O2/c1-10-9-12(11-5-3-2-4-6-11)16-13(15-10)7-8-14(17)18/h7-9,11H,2-6H2,1H3,(H,17,18)/b8-7+. The van der Waals surface area contributed by atoms with Gasteiger partial charge in [0.25, 0.3) is 0 Å². The van der Waals surface area contributed by atoms with Gasteiger partial charge in [0.2, 0.25) is 0 Å². The quantitative estimate of drug-likeness (QED) is 0.833. The van der Waals surface area contributed by atoms with E-state index in [1.165, 1.54) is 38.2 Å². The second kappa shape index (κ2) is 5.76. The molecular weight excluding hydrogens is 228 g/mol. The number of carboxylic acid groups (broad SMARTS) is 1. The highest BCUT2D eigenvalue weighted by atomic mass is 16.4. The lowest BCUT2D eigenvalue weighted by molar-refractivity contribution is -0.131. The number of aliphatic carboxylic acids is 1. The summed E-state index contributed by atoms with van der Waals surface area (Å²) in [5.74, 6) is 0.0368. The van der Waals surface area contributed by atoms with E-state index < -0.39 is 5.97 Å². The van der Waals surface area contributed by atoms with Crippen molar-refractivity contribution in [3.63, 3.8) is 0 Å². The molecule has 1 aromatic heterocycles. The molecule has 4 heteroatoms. The average Bonchev–Trinajstić information content (AvgIpc) is 2.37. The monoisotopic (exact) mass is 246 g/mol. The third kappa shape index (κ3) is 3.39. The van der Waals surface area contributed by atoms with Gasteiger partial charge in [0.05, 0.1) is 0 Å². The molecule has 0 radical (unpaired) electrons. The zero-order chi connectivity index (χ0) is 13.0. The van der Waals surface area contributed by atoms with Crippen molar-refractivity contribution in [1.82, 2.24) is 9.97 Å². The molecule has 2 rings (SSSR count).